The van der Waals surface area contributed by atoms with Gasteiger partial charge in [-0.15, -0.1) is 0 Å². The molecular formula is C8H15N3O2. The van der Waals surface area contributed by atoms with Crippen molar-refractivity contribution in [2.24, 2.45) is 5.92 Å². The van der Waals surface area contributed by atoms with Crippen LogP contribution in [0.3, 0.4) is 0 Å². The monoisotopic (exact) mass is 185 g/mol. The second kappa shape index (κ2) is 3.51. The predicted octanol–water partition coefficient (Wildman–Crippen LogP) is -0.147. The van der Waals surface area contributed by atoms with Crippen LogP contribution in [0.25, 0.3) is 0 Å². The van der Waals surface area contributed by atoms with E-state index in [2.05, 4.69) is 10.7 Å². The number of hydrazine groups is 1. The van der Waals surface area contributed by atoms with Crippen LogP contribution < -0.4 is 10.7 Å². The Kier molecular flexibility index (Phi) is 2.37. The molecule has 0 spiro atoms. The zero-order chi connectivity index (χ0) is 9.26. The largest absolute Gasteiger partial charge is 0.464 e. The van der Waals surface area contributed by atoms with E-state index in [1.165, 1.54) is 11.4 Å². The van der Waals surface area contributed by atoms with Gasteiger partial charge in [-0.05, 0) is 25.3 Å². The van der Waals surface area contributed by atoms with Crippen molar-refractivity contribution in [2.75, 3.05) is 19.6 Å². The molecule has 0 aliphatic carbocycles. The molecule has 0 aromatic carbocycles. The summed E-state index contributed by atoms with van der Waals surface area (Å²) in [5.41, 5.74) is 2.92. The number of amides is 1. The normalized spacial score (nSPS) is 34.0. The van der Waals surface area contributed by atoms with Crippen molar-refractivity contribution in [3.05, 3.63) is 0 Å². The maximum atomic E-state index is 10.7. The minimum absolute atomic E-state index is 0.462. The summed E-state index contributed by atoms with van der Waals surface area (Å²) >= 11 is 0. The van der Waals surface area contributed by atoms with Crippen molar-refractivity contribution in [2.45, 2.75) is 18.9 Å². The molecule has 0 aromatic heterocycles. The zero-order valence-electron chi connectivity index (χ0n) is 7.49. The first kappa shape index (κ1) is 8.77. The Morgan fingerprint density at radius 3 is 3.08 bits per heavy atom. The van der Waals surface area contributed by atoms with Gasteiger partial charge in [0, 0.05) is 19.1 Å². The zero-order valence-corrected chi connectivity index (χ0v) is 7.49. The lowest BCUT2D eigenvalue weighted by molar-refractivity contribution is 0.123. The SMILES string of the molecule is O=C(O)N1CCC2CCNC2CN1. The van der Waals surface area contributed by atoms with Crippen LogP contribution in [0.1, 0.15) is 12.8 Å². The van der Waals surface area contributed by atoms with E-state index in [1.807, 2.05) is 0 Å². The Morgan fingerprint density at radius 2 is 2.31 bits per heavy atom. The summed E-state index contributed by atoms with van der Waals surface area (Å²) in [5, 5.41) is 13.4. The summed E-state index contributed by atoms with van der Waals surface area (Å²) in [6.45, 7) is 2.42. The second-order valence-corrected chi connectivity index (χ2v) is 3.69. The summed E-state index contributed by atoms with van der Waals surface area (Å²) in [4.78, 5) is 10.7. The average Bonchev–Trinajstić information content (AvgIpc) is 2.44. The van der Waals surface area contributed by atoms with Crippen LogP contribution in [0, 0.1) is 5.92 Å². The smallest absolute Gasteiger partial charge is 0.421 e. The number of hydrogen-bond donors (Lipinski definition) is 3. The molecule has 0 radical (unpaired) electrons. The minimum Gasteiger partial charge on any atom is -0.464 e. The summed E-state index contributed by atoms with van der Waals surface area (Å²) in [6.07, 6.45) is 1.27. The molecule has 13 heavy (non-hydrogen) atoms. The van der Waals surface area contributed by atoms with Gasteiger partial charge in [-0.3, -0.25) is 0 Å². The molecule has 0 bridgehead atoms. The molecule has 2 unspecified atom stereocenters. The lowest BCUT2D eigenvalue weighted by Crippen LogP contribution is -2.45. The lowest BCUT2D eigenvalue weighted by atomic mass is 9.98. The number of nitrogens with zero attached hydrogens (tertiary/aromatic N) is 1. The van der Waals surface area contributed by atoms with E-state index >= 15 is 0 Å². The maximum absolute atomic E-state index is 10.7. The van der Waals surface area contributed by atoms with E-state index in [0.717, 1.165) is 19.5 Å². The van der Waals surface area contributed by atoms with Gasteiger partial charge in [0.2, 0.25) is 0 Å². The summed E-state index contributed by atoms with van der Waals surface area (Å²) in [6, 6.07) is 0.462. The van der Waals surface area contributed by atoms with Gasteiger partial charge < -0.3 is 10.4 Å². The molecule has 3 N–H and O–H groups in total. The molecule has 2 aliphatic rings. The van der Waals surface area contributed by atoms with Crippen LogP contribution in [0.4, 0.5) is 4.79 Å². The van der Waals surface area contributed by atoms with Gasteiger partial charge in [0.25, 0.3) is 0 Å². The Bertz CT molecular complexity index is 196. The van der Waals surface area contributed by atoms with E-state index in [9.17, 15) is 4.79 Å². The van der Waals surface area contributed by atoms with Crippen LogP contribution in [-0.2, 0) is 0 Å². The molecule has 5 heteroatoms. The van der Waals surface area contributed by atoms with Crippen LogP contribution in [-0.4, -0.2) is 41.9 Å². The Hall–Kier alpha value is -0.810. The third-order valence-corrected chi connectivity index (χ3v) is 2.95. The van der Waals surface area contributed by atoms with Crippen LogP contribution >= 0.6 is 0 Å². The van der Waals surface area contributed by atoms with Gasteiger partial charge in [-0.2, -0.15) is 0 Å². The van der Waals surface area contributed by atoms with Crippen molar-refractivity contribution >= 4 is 6.09 Å². The number of rotatable bonds is 0. The predicted molar refractivity (Wildman–Crippen MR) is 47.2 cm³/mol. The molecular weight excluding hydrogens is 170 g/mol. The summed E-state index contributed by atoms with van der Waals surface area (Å²) in [5.74, 6) is 0.650. The molecule has 5 nitrogen and oxygen atoms in total. The van der Waals surface area contributed by atoms with E-state index in [0.29, 0.717) is 18.5 Å². The number of nitrogens with one attached hydrogen (secondary N) is 2. The average molecular weight is 185 g/mol. The van der Waals surface area contributed by atoms with E-state index in [-0.39, 0.29) is 0 Å². The number of carboxylic acid groups (broad SMARTS) is 1. The highest BCUT2D eigenvalue weighted by atomic mass is 16.4. The fourth-order valence-electron chi connectivity index (χ4n) is 2.15. The third-order valence-electron chi connectivity index (χ3n) is 2.95. The molecule has 2 saturated heterocycles. The minimum atomic E-state index is -0.875. The quantitative estimate of drug-likeness (QED) is 0.491. The molecule has 0 aromatic rings. The maximum Gasteiger partial charge on any atom is 0.421 e. The highest BCUT2D eigenvalue weighted by Gasteiger charge is 2.30. The van der Waals surface area contributed by atoms with Crippen molar-refractivity contribution in [3.63, 3.8) is 0 Å². The number of fused-ring (bicyclic) bond motifs is 1. The van der Waals surface area contributed by atoms with Crippen LogP contribution in [0.2, 0.25) is 0 Å². The number of hydrogen-bond acceptors (Lipinski definition) is 3. The summed E-state index contributed by atoms with van der Waals surface area (Å²) < 4.78 is 0. The van der Waals surface area contributed by atoms with E-state index in [4.69, 9.17) is 5.11 Å². The van der Waals surface area contributed by atoms with Crippen molar-refractivity contribution in [3.8, 4) is 0 Å². The van der Waals surface area contributed by atoms with Gasteiger partial charge in [0.05, 0.1) is 0 Å². The molecule has 2 aliphatic heterocycles. The van der Waals surface area contributed by atoms with Crippen molar-refractivity contribution in [1.82, 2.24) is 15.8 Å². The van der Waals surface area contributed by atoms with Crippen molar-refractivity contribution < 1.29 is 9.90 Å². The third kappa shape index (κ3) is 1.76. The Labute approximate surface area is 77.1 Å². The Balaban J connectivity index is 1.95. The van der Waals surface area contributed by atoms with E-state index < -0.39 is 6.09 Å². The molecule has 2 heterocycles. The van der Waals surface area contributed by atoms with Gasteiger partial charge in [0.15, 0.2) is 0 Å². The molecule has 2 fully saturated rings. The van der Waals surface area contributed by atoms with Gasteiger partial charge >= 0.3 is 6.09 Å². The first-order valence-electron chi connectivity index (χ1n) is 4.75. The highest BCUT2D eigenvalue weighted by molar-refractivity contribution is 5.64. The number of carbonyl (C=O) groups is 1. The van der Waals surface area contributed by atoms with Gasteiger partial charge in [-0.25, -0.2) is 15.2 Å². The fraction of sp³-hybridized carbons (Fsp3) is 0.875. The van der Waals surface area contributed by atoms with Crippen molar-refractivity contribution in [1.29, 1.82) is 0 Å². The molecule has 2 atom stereocenters. The summed E-state index contributed by atoms with van der Waals surface area (Å²) in [7, 11) is 0. The lowest BCUT2D eigenvalue weighted by Gasteiger charge is -2.17. The first-order chi connectivity index (χ1) is 6.27. The van der Waals surface area contributed by atoms with Gasteiger partial charge in [-0.1, -0.05) is 0 Å². The highest BCUT2D eigenvalue weighted by Crippen LogP contribution is 2.21. The molecule has 74 valence electrons. The fourth-order valence-corrected chi connectivity index (χ4v) is 2.15. The van der Waals surface area contributed by atoms with Crippen LogP contribution in [0.15, 0.2) is 0 Å². The second-order valence-electron chi connectivity index (χ2n) is 3.69. The Morgan fingerprint density at radius 1 is 1.46 bits per heavy atom. The van der Waals surface area contributed by atoms with E-state index in [1.54, 1.807) is 0 Å². The molecule has 1 amide bonds. The first-order valence-corrected chi connectivity index (χ1v) is 4.75. The topological polar surface area (TPSA) is 64.6 Å². The standard InChI is InChI=1S/C8H15N3O2/c12-8(13)11-4-2-6-1-3-9-7(6)5-10-11/h6-7,9-10H,1-5H2,(H,12,13). The molecule has 2 rings (SSSR count). The van der Waals surface area contributed by atoms with Crippen LogP contribution in [0.5, 0.6) is 0 Å². The molecule has 0 saturated carbocycles. The van der Waals surface area contributed by atoms with Gasteiger partial charge in [0.1, 0.15) is 0 Å².